The molecular weight excluding hydrogens is 181 g/mol. The number of halogens is 1. The largest absolute Gasteiger partial charge is 0.464 e. The fourth-order valence-corrected chi connectivity index (χ4v) is 1.39. The van der Waals surface area contributed by atoms with Crippen LogP contribution in [0.25, 0.3) is 11.3 Å². The molecule has 0 bridgehead atoms. The molecule has 0 fully saturated rings. The predicted octanol–water partition coefficient (Wildman–Crippen LogP) is 2.54. The first-order chi connectivity index (χ1) is 6.81. The van der Waals surface area contributed by atoms with Crippen molar-refractivity contribution in [2.45, 2.75) is 6.54 Å². The zero-order chi connectivity index (χ0) is 9.97. The van der Waals surface area contributed by atoms with Crippen molar-refractivity contribution < 1.29 is 8.81 Å². The lowest BCUT2D eigenvalue weighted by Gasteiger charge is -2.04. The maximum Gasteiger partial charge on any atom is 0.134 e. The standard InChI is InChI=1S/C11H10FNO/c12-9-4-3-8(7-13)10(6-9)11-2-1-5-14-11/h1-6H,7,13H2. The molecule has 2 N–H and O–H groups in total. The molecule has 1 heterocycles. The van der Waals surface area contributed by atoms with Crippen molar-refractivity contribution in [2.24, 2.45) is 5.73 Å². The highest BCUT2D eigenvalue weighted by Crippen LogP contribution is 2.24. The summed E-state index contributed by atoms with van der Waals surface area (Å²) in [6.45, 7) is 0.371. The Morgan fingerprint density at radius 2 is 2.14 bits per heavy atom. The summed E-state index contributed by atoms with van der Waals surface area (Å²) in [6.07, 6.45) is 1.56. The van der Waals surface area contributed by atoms with E-state index in [9.17, 15) is 4.39 Å². The average Bonchev–Trinajstić information content (AvgIpc) is 2.70. The average molecular weight is 191 g/mol. The van der Waals surface area contributed by atoms with Gasteiger partial charge >= 0.3 is 0 Å². The summed E-state index contributed by atoms with van der Waals surface area (Å²) in [5, 5.41) is 0. The van der Waals surface area contributed by atoms with Gasteiger partial charge in [0.05, 0.1) is 6.26 Å². The maximum atomic E-state index is 13.0. The molecule has 0 saturated carbocycles. The monoisotopic (exact) mass is 191 g/mol. The first kappa shape index (κ1) is 8.97. The summed E-state index contributed by atoms with van der Waals surface area (Å²) < 4.78 is 18.2. The van der Waals surface area contributed by atoms with Gasteiger partial charge in [0.2, 0.25) is 0 Å². The SMILES string of the molecule is NCc1ccc(F)cc1-c1ccco1. The van der Waals surface area contributed by atoms with Gasteiger partial charge in [-0.3, -0.25) is 0 Å². The lowest BCUT2D eigenvalue weighted by atomic mass is 10.1. The zero-order valence-corrected chi connectivity index (χ0v) is 7.53. The van der Waals surface area contributed by atoms with E-state index in [2.05, 4.69) is 0 Å². The Morgan fingerprint density at radius 1 is 1.29 bits per heavy atom. The number of hydrogen-bond donors (Lipinski definition) is 1. The molecule has 0 unspecified atom stereocenters. The topological polar surface area (TPSA) is 39.2 Å². The normalized spacial score (nSPS) is 10.4. The van der Waals surface area contributed by atoms with Gasteiger partial charge in [0.25, 0.3) is 0 Å². The third-order valence-electron chi connectivity index (χ3n) is 2.08. The van der Waals surface area contributed by atoms with Crippen LogP contribution in [0, 0.1) is 5.82 Å². The van der Waals surface area contributed by atoms with Crippen molar-refractivity contribution in [1.29, 1.82) is 0 Å². The van der Waals surface area contributed by atoms with Crippen LogP contribution in [-0.2, 0) is 6.54 Å². The number of nitrogens with two attached hydrogens (primary N) is 1. The molecule has 2 nitrogen and oxygen atoms in total. The second kappa shape index (κ2) is 3.64. The molecular formula is C11H10FNO. The van der Waals surface area contributed by atoms with Crippen LogP contribution in [0.2, 0.25) is 0 Å². The van der Waals surface area contributed by atoms with Gasteiger partial charge in [-0.1, -0.05) is 6.07 Å². The van der Waals surface area contributed by atoms with E-state index in [1.807, 2.05) is 0 Å². The van der Waals surface area contributed by atoms with Gasteiger partial charge in [0.15, 0.2) is 0 Å². The molecule has 0 radical (unpaired) electrons. The second-order valence-electron chi connectivity index (χ2n) is 2.98. The molecule has 14 heavy (non-hydrogen) atoms. The minimum Gasteiger partial charge on any atom is -0.464 e. The second-order valence-corrected chi connectivity index (χ2v) is 2.98. The fourth-order valence-electron chi connectivity index (χ4n) is 1.39. The first-order valence-corrected chi connectivity index (χ1v) is 4.33. The Labute approximate surface area is 81.2 Å². The first-order valence-electron chi connectivity index (χ1n) is 4.33. The van der Waals surface area contributed by atoms with E-state index in [4.69, 9.17) is 10.2 Å². The summed E-state index contributed by atoms with van der Waals surface area (Å²) in [7, 11) is 0. The van der Waals surface area contributed by atoms with E-state index in [0.29, 0.717) is 12.3 Å². The Kier molecular flexibility index (Phi) is 2.33. The third-order valence-corrected chi connectivity index (χ3v) is 2.08. The summed E-state index contributed by atoms with van der Waals surface area (Å²) >= 11 is 0. The van der Waals surface area contributed by atoms with E-state index in [1.165, 1.54) is 12.1 Å². The van der Waals surface area contributed by atoms with Crippen LogP contribution in [0.15, 0.2) is 41.0 Å². The van der Waals surface area contributed by atoms with Gasteiger partial charge in [-0.15, -0.1) is 0 Å². The van der Waals surface area contributed by atoms with E-state index in [-0.39, 0.29) is 5.82 Å². The maximum absolute atomic E-state index is 13.0. The van der Waals surface area contributed by atoms with Crippen LogP contribution < -0.4 is 5.73 Å². The third kappa shape index (κ3) is 1.54. The van der Waals surface area contributed by atoms with Crippen LogP contribution in [0.1, 0.15) is 5.56 Å². The zero-order valence-electron chi connectivity index (χ0n) is 7.53. The van der Waals surface area contributed by atoms with Crippen LogP contribution in [0.3, 0.4) is 0 Å². The minimum absolute atomic E-state index is 0.284. The van der Waals surface area contributed by atoms with Gasteiger partial charge in [-0.05, 0) is 29.8 Å². The number of benzene rings is 1. The number of hydrogen-bond acceptors (Lipinski definition) is 2. The van der Waals surface area contributed by atoms with Crippen LogP contribution in [-0.4, -0.2) is 0 Å². The smallest absolute Gasteiger partial charge is 0.134 e. The van der Waals surface area contributed by atoms with E-state index in [1.54, 1.807) is 24.5 Å². The van der Waals surface area contributed by atoms with Gasteiger partial charge in [-0.2, -0.15) is 0 Å². The number of furan rings is 1. The molecule has 3 heteroatoms. The lowest BCUT2D eigenvalue weighted by Crippen LogP contribution is -1.98. The lowest BCUT2D eigenvalue weighted by molar-refractivity contribution is 0.579. The Bertz CT molecular complexity index is 423. The summed E-state index contributed by atoms with van der Waals surface area (Å²) in [5.74, 6) is 0.360. The van der Waals surface area contributed by atoms with Crippen molar-refractivity contribution in [2.75, 3.05) is 0 Å². The summed E-state index contributed by atoms with van der Waals surface area (Å²) in [6, 6.07) is 8.05. The van der Waals surface area contributed by atoms with E-state index < -0.39 is 0 Å². The Morgan fingerprint density at radius 3 is 2.79 bits per heavy atom. The molecule has 72 valence electrons. The molecule has 0 aliphatic heterocycles. The Hall–Kier alpha value is -1.61. The highest BCUT2D eigenvalue weighted by atomic mass is 19.1. The highest BCUT2D eigenvalue weighted by molar-refractivity contribution is 5.62. The quantitative estimate of drug-likeness (QED) is 0.792. The van der Waals surface area contributed by atoms with Gasteiger partial charge < -0.3 is 10.2 Å². The van der Waals surface area contributed by atoms with Gasteiger partial charge in [0, 0.05) is 12.1 Å². The van der Waals surface area contributed by atoms with E-state index in [0.717, 1.165) is 11.1 Å². The molecule has 1 aromatic carbocycles. The van der Waals surface area contributed by atoms with Crippen molar-refractivity contribution in [3.8, 4) is 11.3 Å². The van der Waals surface area contributed by atoms with Gasteiger partial charge in [-0.25, -0.2) is 4.39 Å². The van der Waals surface area contributed by atoms with Gasteiger partial charge in [0.1, 0.15) is 11.6 Å². The molecule has 0 atom stereocenters. The van der Waals surface area contributed by atoms with Crippen molar-refractivity contribution in [3.63, 3.8) is 0 Å². The molecule has 2 rings (SSSR count). The molecule has 0 spiro atoms. The minimum atomic E-state index is -0.284. The highest BCUT2D eigenvalue weighted by Gasteiger charge is 2.07. The van der Waals surface area contributed by atoms with Crippen LogP contribution in [0.5, 0.6) is 0 Å². The molecule has 1 aromatic heterocycles. The molecule has 0 aliphatic rings. The predicted molar refractivity (Wildman–Crippen MR) is 52.0 cm³/mol. The van der Waals surface area contributed by atoms with Crippen molar-refractivity contribution in [1.82, 2.24) is 0 Å². The van der Waals surface area contributed by atoms with Crippen LogP contribution >= 0.6 is 0 Å². The molecule has 2 aromatic rings. The summed E-state index contributed by atoms with van der Waals surface area (Å²) in [5.41, 5.74) is 7.14. The number of rotatable bonds is 2. The van der Waals surface area contributed by atoms with Crippen molar-refractivity contribution in [3.05, 3.63) is 48.0 Å². The van der Waals surface area contributed by atoms with E-state index >= 15 is 0 Å². The fraction of sp³-hybridized carbons (Fsp3) is 0.0909. The molecule has 0 saturated heterocycles. The molecule has 0 aliphatic carbocycles. The summed E-state index contributed by atoms with van der Waals surface area (Å²) in [4.78, 5) is 0. The van der Waals surface area contributed by atoms with Crippen LogP contribution in [0.4, 0.5) is 4.39 Å². The Balaban J connectivity index is 2.55. The van der Waals surface area contributed by atoms with Crippen molar-refractivity contribution >= 4 is 0 Å². The molecule has 0 amide bonds.